The van der Waals surface area contributed by atoms with Crippen LogP contribution in [0.5, 0.6) is 0 Å². The highest BCUT2D eigenvalue weighted by atomic mass is 32.2. The van der Waals surface area contributed by atoms with E-state index >= 15 is 0 Å². The molecular weight excluding hydrogens is 288 g/mol. The first-order valence-corrected chi connectivity index (χ1v) is 8.86. The number of sulfonamides is 1. The van der Waals surface area contributed by atoms with Gasteiger partial charge in [-0.2, -0.15) is 0 Å². The average Bonchev–Trinajstić information content (AvgIpc) is 2.62. The molecule has 0 amide bonds. The second-order valence-electron chi connectivity index (χ2n) is 6.58. The highest BCUT2D eigenvalue weighted by Gasteiger charge is 2.27. The predicted octanol–water partition coefficient (Wildman–Crippen LogP) is 2.72. The van der Waals surface area contributed by atoms with Gasteiger partial charge >= 0.3 is 0 Å². The lowest BCUT2D eigenvalue weighted by Gasteiger charge is -2.19. The third-order valence-electron chi connectivity index (χ3n) is 3.11. The lowest BCUT2D eigenvalue weighted by atomic mass is 9.98. The monoisotopic (exact) mass is 316 g/mol. The van der Waals surface area contributed by atoms with Crippen LogP contribution in [-0.4, -0.2) is 21.5 Å². The Bertz CT molecular complexity index is 568. The quantitative estimate of drug-likeness (QED) is 0.759. The number of nitrogens with one attached hydrogen (secondary N) is 2. The van der Waals surface area contributed by atoms with Gasteiger partial charge in [0.1, 0.15) is 16.4 Å². The zero-order chi connectivity index (χ0) is 16.3. The molecule has 0 saturated heterocycles. The van der Waals surface area contributed by atoms with E-state index in [-0.39, 0.29) is 10.3 Å². The van der Waals surface area contributed by atoms with Crippen molar-refractivity contribution in [3.63, 3.8) is 0 Å². The maximum absolute atomic E-state index is 12.6. The van der Waals surface area contributed by atoms with Crippen LogP contribution >= 0.6 is 0 Å². The van der Waals surface area contributed by atoms with E-state index < -0.39 is 10.0 Å². The van der Waals surface area contributed by atoms with Crippen molar-refractivity contribution in [3.8, 4) is 0 Å². The molecule has 0 bridgehead atoms. The summed E-state index contributed by atoms with van der Waals surface area (Å²) in [5.41, 5.74) is 0.614. The number of rotatable bonds is 7. The molecule has 2 N–H and O–H groups in total. The maximum atomic E-state index is 12.6. The van der Waals surface area contributed by atoms with Crippen molar-refractivity contribution in [2.75, 3.05) is 13.1 Å². The van der Waals surface area contributed by atoms with Crippen LogP contribution in [0.1, 0.15) is 51.2 Å². The Kier molecular flexibility index (Phi) is 6.01. The smallest absolute Gasteiger partial charge is 0.244 e. The van der Waals surface area contributed by atoms with Gasteiger partial charge in [-0.1, -0.05) is 27.7 Å². The standard InChI is InChI=1S/C15H28N2O3S/c1-7-8-16-9-13-11(2)20-12(3)14(13)21(18,19)17-10-15(4,5)6/h16-17H,7-10H2,1-6H3. The molecule has 0 aliphatic heterocycles. The fraction of sp³-hybridized carbons (Fsp3) is 0.733. The Morgan fingerprint density at radius 1 is 1.14 bits per heavy atom. The molecule has 122 valence electrons. The number of hydrogen-bond acceptors (Lipinski definition) is 4. The summed E-state index contributed by atoms with van der Waals surface area (Å²) in [7, 11) is -3.55. The average molecular weight is 316 g/mol. The predicted molar refractivity (Wildman–Crippen MR) is 84.8 cm³/mol. The van der Waals surface area contributed by atoms with E-state index in [2.05, 4.69) is 17.0 Å². The summed E-state index contributed by atoms with van der Waals surface area (Å²) in [6.45, 7) is 13.3. The van der Waals surface area contributed by atoms with Gasteiger partial charge in [-0.3, -0.25) is 0 Å². The molecule has 6 heteroatoms. The molecular formula is C15H28N2O3S. The highest BCUT2D eigenvalue weighted by Crippen LogP contribution is 2.27. The molecule has 0 fully saturated rings. The van der Waals surface area contributed by atoms with Crippen LogP contribution in [-0.2, 0) is 16.6 Å². The summed E-state index contributed by atoms with van der Waals surface area (Å²) in [6, 6.07) is 0. The van der Waals surface area contributed by atoms with E-state index in [0.717, 1.165) is 18.5 Å². The van der Waals surface area contributed by atoms with Crippen molar-refractivity contribution in [2.45, 2.75) is 59.4 Å². The first-order valence-electron chi connectivity index (χ1n) is 7.37. The molecule has 0 aliphatic carbocycles. The second-order valence-corrected chi connectivity index (χ2v) is 8.29. The first-order chi connectivity index (χ1) is 9.58. The Labute approximate surface area is 128 Å². The highest BCUT2D eigenvalue weighted by molar-refractivity contribution is 7.89. The fourth-order valence-corrected chi connectivity index (χ4v) is 3.77. The van der Waals surface area contributed by atoms with E-state index in [1.165, 1.54) is 0 Å². The van der Waals surface area contributed by atoms with Gasteiger partial charge in [-0.05, 0) is 32.2 Å². The summed E-state index contributed by atoms with van der Waals surface area (Å²) in [5.74, 6) is 1.11. The van der Waals surface area contributed by atoms with Crippen LogP contribution in [0.25, 0.3) is 0 Å². The minimum Gasteiger partial charge on any atom is -0.465 e. The zero-order valence-corrected chi connectivity index (χ0v) is 14.8. The summed E-state index contributed by atoms with van der Waals surface area (Å²) in [4.78, 5) is 0.285. The summed E-state index contributed by atoms with van der Waals surface area (Å²) in [6.07, 6.45) is 1.00. The molecule has 1 rings (SSSR count). The van der Waals surface area contributed by atoms with Crippen LogP contribution < -0.4 is 10.0 Å². The number of furan rings is 1. The SMILES string of the molecule is CCCNCc1c(C)oc(C)c1S(=O)(=O)NCC(C)(C)C. The largest absolute Gasteiger partial charge is 0.465 e. The normalized spacial score (nSPS) is 12.9. The third kappa shape index (κ3) is 5.13. The Balaban J connectivity index is 3.04. The lowest BCUT2D eigenvalue weighted by molar-refractivity contribution is 0.407. The van der Waals surface area contributed by atoms with Gasteiger partial charge in [0.15, 0.2) is 0 Å². The van der Waals surface area contributed by atoms with Crippen LogP contribution in [0, 0.1) is 19.3 Å². The van der Waals surface area contributed by atoms with Gasteiger partial charge in [0.05, 0.1) is 0 Å². The molecule has 1 heterocycles. The lowest BCUT2D eigenvalue weighted by Crippen LogP contribution is -2.33. The first kappa shape index (κ1) is 18.2. The van der Waals surface area contributed by atoms with Gasteiger partial charge in [0.25, 0.3) is 0 Å². The topological polar surface area (TPSA) is 71.3 Å². The minimum atomic E-state index is -3.55. The van der Waals surface area contributed by atoms with Crippen LogP contribution in [0.4, 0.5) is 0 Å². The molecule has 0 saturated carbocycles. The molecule has 0 atom stereocenters. The Morgan fingerprint density at radius 3 is 2.29 bits per heavy atom. The van der Waals surface area contributed by atoms with Gasteiger partial charge in [0, 0.05) is 18.7 Å². The second kappa shape index (κ2) is 6.94. The van der Waals surface area contributed by atoms with Gasteiger partial charge in [-0.25, -0.2) is 13.1 Å². The molecule has 1 aromatic rings. The molecule has 0 unspecified atom stereocenters. The third-order valence-corrected chi connectivity index (χ3v) is 4.71. The zero-order valence-electron chi connectivity index (χ0n) is 14.0. The van der Waals surface area contributed by atoms with Crippen molar-refractivity contribution in [1.29, 1.82) is 0 Å². The van der Waals surface area contributed by atoms with Gasteiger partial charge < -0.3 is 9.73 Å². The molecule has 1 aromatic heterocycles. The number of hydrogen-bond donors (Lipinski definition) is 2. The van der Waals surface area contributed by atoms with Gasteiger partial charge in [0.2, 0.25) is 10.0 Å². The molecule has 0 radical (unpaired) electrons. The molecule has 0 aromatic carbocycles. The Morgan fingerprint density at radius 2 is 1.76 bits per heavy atom. The van der Waals surface area contributed by atoms with E-state index in [9.17, 15) is 8.42 Å². The fourth-order valence-electron chi connectivity index (χ4n) is 2.04. The summed E-state index contributed by atoms with van der Waals surface area (Å²) in [5, 5.41) is 3.24. The van der Waals surface area contributed by atoms with Crippen molar-refractivity contribution in [3.05, 3.63) is 17.1 Å². The van der Waals surface area contributed by atoms with Crippen molar-refractivity contribution >= 4 is 10.0 Å². The maximum Gasteiger partial charge on any atom is 0.244 e. The summed E-state index contributed by atoms with van der Waals surface area (Å²) >= 11 is 0. The van der Waals surface area contributed by atoms with Gasteiger partial charge in [-0.15, -0.1) is 0 Å². The van der Waals surface area contributed by atoms with E-state index in [4.69, 9.17) is 4.42 Å². The van der Waals surface area contributed by atoms with E-state index in [1.807, 2.05) is 20.8 Å². The van der Waals surface area contributed by atoms with Crippen LogP contribution in [0.15, 0.2) is 9.31 Å². The minimum absolute atomic E-state index is 0.111. The molecule has 0 aliphatic rings. The van der Waals surface area contributed by atoms with E-state index in [0.29, 0.717) is 24.6 Å². The van der Waals surface area contributed by atoms with E-state index in [1.54, 1.807) is 13.8 Å². The van der Waals surface area contributed by atoms with Crippen molar-refractivity contribution in [1.82, 2.24) is 10.0 Å². The van der Waals surface area contributed by atoms with Crippen molar-refractivity contribution < 1.29 is 12.8 Å². The Hall–Kier alpha value is -0.850. The number of aryl methyl sites for hydroxylation is 2. The molecule has 21 heavy (non-hydrogen) atoms. The molecule has 0 spiro atoms. The van der Waals surface area contributed by atoms with Crippen molar-refractivity contribution in [2.24, 2.45) is 5.41 Å². The molecule has 5 nitrogen and oxygen atoms in total. The van der Waals surface area contributed by atoms with Crippen LogP contribution in [0.3, 0.4) is 0 Å². The van der Waals surface area contributed by atoms with Crippen LogP contribution in [0.2, 0.25) is 0 Å². The summed E-state index contributed by atoms with van der Waals surface area (Å²) < 4.78 is 33.4.